The largest absolute Gasteiger partial charge is 0.497 e. The van der Waals surface area contributed by atoms with Crippen LogP contribution in [0.1, 0.15) is 16.4 Å². The summed E-state index contributed by atoms with van der Waals surface area (Å²) in [7, 11) is 3.06. The number of nitrogens with one attached hydrogen (secondary N) is 1. The zero-order chi connectivity index (χ0) is 29.5. The number of benzene rings is 3. The molecule has 6 rings (SSSR count). The number of anilines is 2. The lowest BCUT2D eigenvalue weighted by Gasteiger charge is -2.31. The number of halogens is 1. The van der Waals surface area contributed by atoms with Crippen LogP contribution in [-0.4, -0.2) is 41.8 Å². The number of methoxy groups -OCH3 is 2. The Labute approximate surface area is 247 Å². The summed E-state index contributed by atoms with van der Waals surface area (Å²) in [5, 5.41) is 2.36. The van der Waals surface area contributed by atoms with E-state index in [9.17, 15) is 23.6 Å². The third-order valence-electron chi connectivity index (χ3n) is 7.28. The number of para-hydroxylation sites is 1. The number of carbonyl (C=O) groups excluding carboxylic acids is 3. The predicted molar refractivity (Wildman–Crippen MR) is 157 cm³/mol. The van der Waals surface area contributed by atoms with E-state index < -0.39 is 40.6 Å². The third kappa shape index (κ3) is 4.76. The van der Waals surface area contributed by atoms with E-state index in [0.29, 0.717) is 32.7 Å². The van der Waals surface area contributed by atoms with Crippen molar-refractivity contribution in [2.24, 2.45) is 5.92 Å². The number of nitrogens with zero attached hydrogens (tertiary/aromatic N) is 2. The first-order valence-corrected chi connectivity index (χ1v) is 14.6. The van der Waals surface area contributed by atoms with E-state index in [1.807, 2.05) is 6.07 Å². The Kier molecular flexibility index (Phi) is 7.33. The van der Waals surface area contributed by atoms with Gasteiger partial charge in [-0.1, -0.05) is 41.3 Å². The molecular weight excluding hydrogens is 581 g/mol. The molecule has 12 heteroatoms. The molecule has 0 aliphatic carbocycles. The van der Waals surface area contributed by atoms with Crippen molar-refractivity contribution in [3.8, 4) is 11.5 Å². The van der Waals surface area contributed by atoms with E-state index in [4.69, 9.17) is 9.47 Å². The fourth-order valence-corrected chi connectivity index (χ4v) is 8.14. The van der Waals surface area contributed by atoms with Gasteiger partial charge in [0, 0.05) is 22.0 Å². The Balaban J connectivity index is 1.41. The Bertz CT molecular complexity index is 1750. The number of fused-ring (bicyclic) bond motifs is 2. The maximum absolute atomic E-state index is 14.0. The van der Waals surface area contributed by atoms with Gasteiger partial charge in [0.2, 0.25) is 17.7 Å². The molecule has 0 spiro atoms. The molecule has 2 aliphatic heterocycles. The van der Waals surface area contributed by atoms with Gasteiger partial charge in [0.25, 0.3) is 0 Å². The number of thioether (sulfide) groups is 1. The molecule has 3 heterocycles. The summed E-state index contributed by atoms with van der Waals surface area (Å²) in [5.41, 5.74) is 1.44. The molecule has 1 aromatic heterocycles. The third-order valence-corrected chi connectivity index (χ3v) is 9.89. The molecule has 1 saturated heterocycles. The van der Waals surface area contributed by atoms with Crippen molar-refractivity contribution in [3.63, 3.8) is 0 Å². The minimum atomic E-state index is -0.880. The van der Waals surface area contributed by atoms with Crippen LogP contribution in [0.3, 0.4) is 0 Å². The number of thiazole rings is 1. The summed E-state index contributed by atoms with van der Waals surface area (Å²) in [5.74, 6) is -2.24. The molecule has 3 amide bonds. The van der Waals surface area contributed by atoms with Gasteiger partial charge in [0.15, 0.2) is 0 Å². The van der Waals surface area contributed by atoms with Gasteiger partial charge < -0.3 is 14.8 Å². The van der Waals surface area contributed by atoms with Crippen LogP contribution in [0.25, 0.3) is 0 Å². The number of aromatic nitrogens is 1. The molecule has 42 heavy (non-hydrogen) atoms. The van der Waals surface area contributed by atoms with E-state index >= 15 is 0 Å². The molecule has 3 atom stereocenters. The van der Waals surface area contributed by atoms with Gasteiger partial charge in [-0.25, -0.2) is 9.29 Å². The van der Waals surface area contributed by atoms with E-state index in [-0.39, 0.29) is 17.1 Å². The molecule has 0 saturated carbocycles. The van der Waals surface area contributed by atoms with Gasteiger partial charge in [0.1, 0.15) is 29.1 Å². The van der Waals surface area contributed by atoms with E-state index in [1.165, 1.54) is 35.9 Å². The smallest absolute Gasteiger partial charge is 0.308 e. The molecule has 1 N–H and O–H groups in total. The van der Waals surface area contributed by atoms with Crippen molar-refractivity contribution in [2.45, 2.75) is 22.7 Å². The van der Waals surface area contributed by atoms with E-state index in [2.05, 4.69) is 5.32 Å². The predicted octanol–water partition coefficient (Wildman–Crippen LogP) is 4.50. The van der Waals surface area contributed by atoms with Crippen LogP contribution in [-0.2, 0) is 20.9 Å². The van der Waals surface area contributed by atoms with E-state index in [0.717, 1.165) is 28.0 Å². The van der Waals surface area contributed by atoms with Crippen LogP contribution in [0, 0.1) is 11.7 Å². The lowest BCUT2D eigenvalue weighted by Crippen LogP contribution is -2.33. The molecule has 2 unspecified atom stereocenters. The fraction of sp³-hybridized carbons (Fsp3) is 0.200. The maximum Gasteiger partial charge on any atom is 0.308 e. The van der Waals surface area contributed by atoms with Crippen molar-refractivity contribution < 1.29 is 28.2 Å². The fourth-order valence-electron chi connectivity index (χ4n) is 5.38. The quantitative estimate of drug-likeness (QED) is 0.309. The van der Waals surface area contributed by atoms with Crippen molar-refractivity contribution >= 4 is 52.2 Å². The van der Waals surface area contributed by atoms with Gasteiger partial charge in [-0.05, 0) is 54.6 Å². The molecule has 214 valence electrons. The standard InChI is InChI=1S/C30H24FN3O6S2/c1-39-19-13-9-17(10-14-19)32-22(35)15-33-29-26(42-30(33)38)23(20-5-3-4-6-21(20)40-2)24-25(41-29)28(37)34(27(24)36)18-11-7-16(31)8-12-18/h3-14,23-25H,15H2,1-2H3,(H,32,35)/t23-,24?,25?/m1/s1. The molecule has 0 radical (unpaired) electrons. The Morgan fingerprint density at radius 3 is 2.33 bits per heavy atom. The van der Waals surface area contributed by atoms with Crippen LogP contribution >= 0.6 is 23.1 Å². The lowest BCUT2D eigenvalue weighted by atomic mass is 9.82. The number of ether oxygens (including phenoxy) is 2. The summed E-state index contributed by atoms with van der Waals surface area (Å²) in [6.07, 6.45) is 0. The number of imide groups is 1. The molecule has 9 nitrogen and oxygen atoms in total. The molecule has 1 fully saturated rings. The van der Waals surface area contributed by atoms with Crippen molar-refractivity contribution in [3.05, 3.63) is 98.7 Å². The number of amides is 3. The van der Waals surface area contributed by atoms with Gasteiger partial charge in [0.05, 0.1) is 30.9 Å². The summed E-state index contributed by atoms with van der Waals surface area (Å²) in [6, 6.07) is 19.1. The number of carbonyl (C=O) groups is 3. The first-order valence-electron chi connectivity index (χ1n) is 12.9. The first kappa shape index (κ1) is 27.7. The van der Waals surface area contributed by atoms with Crippen LogP contribution < -0.4 is 24.6 Å². The van der Waals surface area contributed by atoms with Crippen LogP contribution in [0.4, 0.5) is 15.8 Å². The highest BCUT2D eigenvalue weighted by Crippen LogP contribution is 2.55. The maximum atomic E-state index is 14.0. The topological polar surface area (TPSA) is 107 Å². The molecular formula is C30H24FN3O6S2. The van der Waals surface area contributed by atoms with Crippen molar-refractivity contribution in [1.82, 2.24) is 4.57 Å². The Morgan fingerprint density at radius 1 is 0.929 bits per heavy atom. The zero-order valence-corrected chi connectivity index (χ0v) is 24.0. The Morgan fingerprint density at radius 2 is 1.64 bits per heavy atom. The van der Waals surface area contributed by atoms with Gasteiger partial charge in [-0.3, -0.25) is 23.7 Å². The van der Waals surface area contributed by atoms with Gasteiger partial charge in [-0.15, -0.1) is 0 Å². The van der Waals surface area contributed by atoms with Crippen LogP contribution in [0.2, 0.25) is 0 Å². The highest BCUT2D eigenvalue weighted by Gasteiger charge is 2.57. The summed E-state index contributed by atoms with van der Waals surface area (Å²) < 4.78 is 25.8. The average molecular weight is 606 g/mol. The second kappa shape index (κ2) is 11.1. The van der Waals surface area contributed by atoms with Gasteiger partial charge in [-0.2, -0.15) is 0 Å². The van der Waals surface area contributed by atoms with Gasteiger partial charge >= 0.3 is 4.87 Å². The molecule has 4 aromatic rings. The summed E-state index contributed by atoms with van der Waals surface area (Å²) >= 11 is 2.05. The van der Waals surface area contributed by atoms with E-state index in [1.54, 1.807) is 49.6 Å². The minimum absolute atomic E-state index is 0.264. The molecule has 3 aromatic carbocycles. The highest BCUT2D eigenvalue weighted by molar-refractivity contribution is 8.00. The molecule has 0 bridgehead atoms. The second-order valence-electron chi connectivity index (χ2n) is 9.67. The lowest BCUT2D eigenvalue weighted by molar-refractivity contribution is -0.122. The monoisotopic (exact) mass is 605 g/mol. The summed E-state index contributed by atoms with van der Waals surface area (Å²) in [4.78, 5) is 55.4. The van der Waals surface area contributed by atoms with Crippen LogP contribution in [0.5, 0.6) is 11.5 Å². The Hall–Kier alpha value is -4.42. The normalized spacial score (nSPS) is 19.3. The molecule has 2 aliphatic rings. The highest BCUT2D eigenvalue weighted by atomic mass is 32.2. The second-order valence-corrected chi connectivity index (χ2v) is 11.8. The first-order chi connectivity index (χ1) is 20.3. The number of hydrogen-bond acceptors (Lipinski definition) is 8. The minimum Gasteiger partial charge on any atom is -0.497 e. The SMILES string of the molecule is COc1ccc(NC(=O)Cn2c3c(sc2=O)[C@H](c2ccccc2OC)C2C(=O)N(c4ccc(F)cc4)C(=O)C2S3)cc1. The zero-order valence-electron chi connectivity index (χ0n) is 22.4. The number of hydrogen-bond donors (Lipinski definition) is 1. The average Bonchev–Trinajstić information content (AvgIpc) is 3.44. The van der Waals surface area contributed by atoms with Crippen molar-refractivity contribution in [1.29, 1.82) is 0 Å². The summed E-state index contributed by atoms with van der Waals surface area (Å²) in [6.45, 7) is -0.288. The van der Waals surface area contributed by atoms with Crippen molar-refractivity contribution in [2.75, 3.05) is 24.4 Å². The van der Waals surface area contributed by atoms with Crippen LogP contribution in [0.15, 0.2) is 82.6 Å². The number of rotatable bonds is 7.